The number of amides is 2. The van der Waals surface area contributed by atoms with Crippen LogP contribution in [0.15, 0.2) is 84.4 Å². The van der Waals surface area contributed by atoms with Crippen LogP contribution in [0.1, 0.15) is 27.0 Å². The fourth-order valence-corrected chi connectivity index (χ4v) is 3.13. The number of methoxy groups -OCH3 is 1. The van der Waals surface area contributed by atoms with E-state index >= 15 is 0 Å². The van der Waals surface area contributed by atoms with E-state index in [1.165, 1.54) is 25.3 Å². The third-order valence-corrected chi connectivity index (χ3v) is 4.85. The first-order valence-electron chi connectivity index (χ1n) is 10.2. The van der Waals surface area contributed by atoms with Crippen molar-refractivity contribution in [2.45, 2.75) is 13.1 Å². The summed E-state index contributed by atoms with van der Waals surface area (Å²) in [4.78, 5) is 37.4. The predicted octanol–water partition coefficient (Wildman–Crippen LogP) is 3.41. The van der Waals surface area contributed by atoms with Gasteiger partial charge in [0, 0.05) is 13.1 Å². The van der Waals surface area contributed by atoms with Crippen molar-refractivity contribution >= 4 is 23.9 Å². The van der Waals surface area contributed by atoms with E-state index in [9.17, 15) is 19.5 Å². The van der Waals surface area contributed by atoms with Crippen LogP contribution in [0.2, 0.25) is 0 Å². The number of carbonyl (C=O) groups excluding carboxylic acids is 2. The summed E-state index contributed by atoms with van der Waals surface area (Å²) in [6.07, 6.45) is 1.37. The molecule has 0 aliphatic heterocycles. The summed E-state index contributed by atoms with van der Waals surface area (Å²) in [7, 11) is 1.37. The molecule has 168 valence electrons. The van der Waals surface area contributed by atoms with E-state index in [1.807, 2.05) is 60.7 Å². The number of carboxylic acid groups (broad SMARTS) is 1. The van der Waals surface area contributed by atoms with E-state index in [4.69, 9.17) is 4.74 Å². The molecule has 0 fully saturated rings. The van der Waals surface area contributed by atoms with Crippen molar-refractivity contribution in [3.8, 4) is 5.75 Å². The summed E-state index contributed by atoms with van der Waals surface area (Å²) in [5.41, 5.74) is 1.94. The first kappa shape index (κ1) is 23.3. The van der Waals surface area contributed by atoms with E-state index in [-0.39, 0.29) is 30.0 Å². The van der Waals surface area contributed by atoms with Gasteiger partial charge in [-0.2, -0.15) is 0 Å². The van der Waals surface area contributed by atoms with Crippen molar-refractivity contribution in [1.82, 2.24) is 10.6 Å². The molecular weight excluding hydrogens is 420 g/mol. The van der Waals surface area contributed by atoms with Gasteiger partial charge >= 0.3 is 5.97 Å². The zero-order chi connectivity index (χ0) is 23.6. The fraction of sp³-hybridized carbons (Fsp3) is 0.115. The SMILES string of the molecule is COc1ccc(C=C(C(=O)NCc2ccccc2)C(=O)NCc2ccccc2)cc1C(=O)O. The maximum Gasteiger partial charge on any atom is 0.339 e. The molecule has 0 atom stereocenters. The zero-order valence-electron chi connectivity index (χ0n) is 18.1. The number of hydrogen-bond donors (Lipinski definition) is 3. The Morgan fingerprint density at radius 2 is 1.33 bits per heavy atom. The van der Waals surface area contributed by atoms with E-state index in [0.29, 0.717) is 5.56 Å². The molecule has 2 amide bonds. The Kier molecular flexibility index (Phi) is 7.96. The van der Waals surface area contributed by atoms with Gasteiger partial charge in [0.15, 0.2) is 0 Å². The number of aromatic carboxylic acids is 1. The molecule has 0 unspecified atom stereocenters. The molecule has 0 radical (unpaired) electrons. The third kappa shape index (κ3) is 6.54. The van der Waals surface area contributed by atoms with Gasteiger partial charge in [-0.1, -0.05) is 66.7 Å². The molecule has 7 heteroatoms. The van der Waals surface area contributed by atoms with Crippen LogP contribution in [0, 0.1) is 0 Å². The minimum atomic E-state index is -1.18. The Morgan fingerprint density at radius 1 is 0.818 bits per heavy atom. The Bertz CT molecular complexity index is 1100. The molecule has 3 aromatic carbocycles. The summed E-state index contributed by atoms with van der Waals surface area (Å²) in [5.74, 6) is -2.14. The van der Waals surface area contributed by atoms with Gasteiger partial charge in [-0.05, 0) is 34.9 Å². The molecule has 0 bridgehead atoms. The summed E-state index contributed by atoms with van der Waals surface area (Å²) < 4.78 is 5.08. The molecule has 0 spiro atoms. The van der Waals surface area contributed by atoms with Gasteiger partial charge in [-0.25, -0.2) is 4.79 Å². The summed E-state index contributed by atoms with van der Waals surface area (Å²) in [5, 5.41) is 14.9. The molecule has 0 aliphatic carbocycles. The van der Waals surface area contributed by atoms with Crippen LogP contribution < -0.4 is 15.4 Å². The minimum absolute atomic E-state index is 0.0695. The standard InChI is InChI=1S/C26H24N2O5/c1-33-23-13-12-20(14-21(23)26(31)32)15-22(24(29)27-16-18-8-4-2-5-9-18)25(30)28-17-19-10-6-3-7-11-19/h2-15H,16-17H2,1H3,(H,27,29)(H,28,30)(H,31,32). The Hall–Kier alpha value is -4.39. The second-order valence-electron chi connectivity index (χ2n) is 7.16. The summed E-state index contributed by atoms with van der Waals surface area (Å²) in [6.45, 7) is 0.484. The van der Waals surface area contributed by atoms with Crippen LogP contribution in [0.25, 0.3) is 6.08 Å². The van der Waals surface area contributed by atoms with Gasteiger partial charge in [0.1, 0.15) is 16.9 Å². The van der Waals surface area contributed by atoms with Crippen LogP contribution in [0.3, 0.4) is 0 Å². The van der Waals surface area contributed by atoms with Gasteiger partial charge < -0.3 is 20.5 Å². The van der Waals surface area contributed by atoms with Crippen molar-refractivity contribution in [3.05, 3.63) is 107 Å². The van der Waals surface area contributed by atoms with Crippen LogP contribution in [-0.2, 0) is 22.7 Å². The average molecular weight is 444 g/mol. The lowest BCUT2D eigenvalue weighted by molar-refractivity contribution is -0.123. The van der Waals surface area contributed by atoms with Gasteiger partial charge in [0.2, 0.25) is 0 Å². The normalized spacial score (nSPS) is 10.1. The van der Waals surface area contributed by atoms with Crippen LogP contribution in [-0.4, -0.2) is 30.0 Å². The number of benzene rings is 3. The zero-order valence-corrected chi connectivity index (χ0v) is 18.1. The lowest BCUT2D eigenvalue weighted by Crippen LogP contribution is -2.34. The van der Waals surface area contributed by atoms with Crippen molar-refractivity contribution in [3.63, 3.8) is 0 Å². The number of rotatable bonds is 9. The maximum absolute atomic E-state index is 12.9. The van der Waals surface area contributed by atoms with Gasteiger partial charge in [0.25, 0.3) is 11.8 Å². The number of hydrogen-bond acceptors (Lipinski definition) is 4. The predicted molar refractivity (Wildman–Crippen MR) is 125 cm³/mol. The third-order valence-electron chi connectivity index (χ3n) is 4.85. The van der Waals surface area contributed by atoms with Crippen molar-refractivity contribution < 1.29 is 24.2 Å². The summed E-state index contributed by atoms with van der Waals surface area (Å²) >= 11 is 0. The fourth-order valence-electron chi connectivity index (χ4n) is 3.13. The van der Waals surface area contributed by atoms with Crippen LogP contribution in [0.4, 0.5) is 0 Å². The first-order chi connectivity index (χ1) is 16.0. The van der Waals surface area contributed by atoms with Gasteiger partial charge in [-0.3, -0.25) is 9.59 Å². The highest BCUT2D eigenvalue weighted by Crippen LogP contribution is 2.21. The van der Waals surface area contributed by atoms with Gasteiger partial charge in [-0.15, -0.1) is 0 Å². The lowest BCUT2D eigenvalue weighted by Gasteiger charge is -2.11. The number of carbonyl (C=O) groups is 3. The van der Waals surface area contributed by atoms with Crippen molar-refractivity contribution in [2.24, 2.45) is 0 Å². The highest BCUT2D eigenvalue weighted by Gasteiger charge is 2.19. The Balaban J connectivity index is 1.86. The van der Waals surface area contributed by atoms with E-state index in [2.05, 4.69) is 10.6 Å². The summed E-state index contributed by atoms with van der Waals surface area (Å²) in [6, 6.07) is 23.0. The van der Waals surface area contributed by atoms with E-state index < -0.39 is 17.8 Å². The molecule has 3 N–H and O–H groups in total. The Morgan fingerprint density at radius 3 is 1.79 bits per heavy atom. The van der Waals surface area contributed by atoms with Gasteiger partial charge in [0.05, 0.1) is 7.11 Å². The minimum Gasteiger partial charge on any atom is -0.496 e. The highest BCUT2D eigenvalue weighted by molar-refractivity contribution is 6.21. The van der Waals surface area contributed by atoms with E-state index in [0.717, 1.165) is 11.1 Å². The number of nitrogens with one attached hydrogen (secondary N) is 2. The molecule has 0 saturated carbocycles. The highest BCUT2D eigenvalue weighted by atomic mass is 16.5. The van der Waals surface area contributed by atoms with Crippen LogP contribution in [0.5, 0.6) is 5.75 Å². The van der Waals surface area contributed by atoms with Crippen LogP contribution >= 0.6 is 0 Å². The molecule has 0 saturated heterocycles. The number of ether oxygens (including phenoxy) is 1. The quantitative estimate of drug-likeness (QED) is 0.267. The molecular formula is C26H24N2O5. The second-order valence-corrected chi connectivity index (χ2v) is 7.16. The smallest absolute Gasteiger partial charge is 0.339 e. The Labute approximate surface area is 191 Å². The molecule has 3 rings (SSSR count). The molecule has 0 aromatic heterocycles. The molecule has 7 nitrogen and oxygen atoms in total. The molecule has 0 aliphatic rings. The molecule has 3 aromatic rings. The monoisotopic (exact) mass is 444 g/mol. The average Bonchev–Trinajstić information content (AvgIpc) is 2.85. The number of carboxylic acids is 1. The lowest BCUT2D eigenvalue weighted by atomic mass is 10.1. The van der Waals surface area contributed by atoms with E-state index in [1.54, 1.807) is 6.07 Å². The second kappa shape index (κ2) is 11.3. The topological polar surface area (TPSA) is 105 Å². The molecule has 0 heterocycles. The maximum atomic E-state index is 12.9. The largest absolute Gasteiger partial charge is 0.496 e. The van der Waals surface area contributed by atoms with Crippen molar-refractivity contribution in [2.75, 3.05) is 7.11 Å². The first-order valence-corrected chi connectivity index (χ1v) is 10.2. The van der Waals surface area contributed by atoms with Crippen molar-refractivity contribution in [1.29, 1.82) is 0 Å². The molecule has 33 heavy (non-hydrogen) atoms.